The number of anilines is 1. The smallest absolute Gasteiger partial charge is 0.269 e. The first-order valence-electron chi connectivity index (χ1n) is 8.28. The lowest BCUT2D eigenvalue weighted by molar-refractivity contribution is -0.126. The Morgan fingerprint density at radius 2 is 1.89 bits per heavy atom. The van der Waals surface area contributed by atoms with Crippen LogP contribution in [0.15, 0.2) is 48.5 Å². The summed E-state index contributed by atoms with van der Waals surface area (Å²) >= 11 is 6.02. The van der Waals surface area contributed by atoms with Crippen LogP contribution in [0.4, 0.5) is 5.69 Å². The molecule has 27 heavy (non-hydrogen) atoms. The Bertz CT molecular complexity index is 873. The Hall–Kier alpha value is -3.06. The van der Waals surface area contributed by atoms with Gasteiger partial charge in [0, 0.05) is 23.6 Å². The second kappa shape index (κ2) is 8.09. The van der Waals surface area contributed by atoms with Crippen molar-refractivity contribution in [1.29, 1.82) is 0 Å². The van der Waals surface area contributed by atoms with Crippen LogP contribution in [0.1, 0.15) is 16.8 Å². The number of nitrogens with zero attached hydrogens (tertiary/aromatic N) is 1. The number of halogens is 1. The van der Waals surface area contributed by atoms with Gasteiger partial charge in [-0.05, 0) is 30.3 Å². The molecular weight excluding hydrogens is 370 g/mol. The minimum atomic E-state index is -0.600. The Labute approximate surface area is 161 Å². The molecule has 140 valence electrons. The first-order chi connectivity index (χ1) is 13.0. The maximum Gasteiger partial charge on any atom is 0.269 e. The molecule has 3 rings (SSSR count). The van der Waals surface area contributed by atoms with Crippen molar-refractivity contribution < 1.29 is 19.1 Å². The Kier molecular flexibility index (Phi) is 5.61. The second-order valence-corrected chi connectivity index (χ2v) is 6.47. The monoisotopic (exact) mass is 387 g/mol. The van der Waals surface area contributed by atoms with Crippen LogP contribution in [0.2, 0.25) is 5.02 Å². The summed E-state index contributed by atoms with van der Waals surface area (Å²) in [5.74, 6) is -1.19. The number of methoxy groups -OCH3 is 1. The van der Waals surface area contributed by atoms with Crippen molar-refractivity contribution in [2.24, 2.45) is 5.92 Å². The van der Waals surface area contributed by atoms with E-state index in [1.54, 1.807) is 48.5 Å². The third-order valence-corrected chi connectivity index (χ3v) is 4.50. The fourth-order valence-corrected chi connectivity index (χ4v) is 3.04. The number of hydrogen-bond donors (Lipinski definition) is 2. The maximum atomic E-state index is 12.4. The number of hydrogen-bond acceptors (Lipinski definition) is 4. The highest BCUT2D eigenvalue weighted by Gasteiger charge is 2.36. The van der Waals surface area contributed by atoms with E-state index in [0.29, 0.717) is 22.0 Å². The van der Waals surface area contributed by atoms with Gasteiger partial charge in [0.1, 0.15) is 5.75 Å². The molecule has 0 aromatic heterocycles. The quantitative estimate of drug-likeness (QED) is 0.787. The van der Waals surface area contributed by atoms with Gasteiger partial charge in [0.2, 0.25) is 11.8 Å². The van der Waals surface area contributed by atoms with Crippen LogP contribution in [0, 0.1) is 5.92 Å². The van der Waals surface area contributed by atoms with Gasteiger partial charge in [0.15, 0.2) is 0 Å². The van der Waals surface area contributed by atoms with Gasteiger partial charge in [0.25, 0.3) is 5.91 Å². The van der Waals surface area contributed by atoms with E-state index in [0.717, 1.165) is 0 Å². The van der Waals surface area contributed by atoms with Crippen LogP contribution < -0.4 is 20.5 Å². The summed E-state index contributed by atoms with van der Waals surface area (Å²) < 4.78 is 5.27. The molecule has 1 saturated heterocycles. The Morgan fingerprint density at radius 3 is 2.59 bits per heavy atom. The van der Waals surface area contributed by atoms with E-state index in [9.17, 15) is 14.4 Å². The predicted molar refractivity (Wildman–Crippen MR) is 101 cm³/mol. The maximum absolute atomic E-state index is 12.4. The number of rotatable bonds is 4. The lowest BCUT2D eigenvalue weighted by Crippen LogP contribution is -2.45. The number of carbonyl (C=O) groups excluding carboxylic acids is 3. The van der Waals surface area contributed by atoms with Crippen molar-refractivity contribution >= 4 is 35.0 Å². The van der Waals surface area contributed by atoms with Gasteiger partial charge in [-0.1, -0.05) is 29.8 Å². The fraction of sp³-hybridized carbons (Fsp3) is 0.211. The van der Waals surface area contributed by atoms with Crippen LogP contribution in [-0.4, -0.2) is 31.4 Å². The molecule has 8 heteroatoms. The third kappa shape index (κ3) is 4.20. The molecule has 1 atom stereocenters. The molecule has 0 bridgehead atoms. The first kappa shape index (κ1) is 18.7. The number of benzene rings is 2. The molecule has 0 spiro atoms. The molecule has 1 fully saturated rings. The minimum Gasteiger partial charge on any atom is -0.495 e. The van der Waals surface area contributed by atoms with Gasteiger partial charge in [-0.25, -0.2) is 0 Å². The Balaban J connectivity index is 1.64. The summed E-state index contributed by atoms with van der Waals surface area (Å²) in [4.78, 5) is 38.2. The average Bonchev–Trinajstić information content (AvgIpc) is 3.08. The average molecular weight is 388 g/mol. The molecule has 1 aliphatic rings. The van der Waals surface area contributed by atoms with Crippen molar-refractivity contribution in [1.82, 2.24) is 10.9 Å². The molecule has 2 aromatic carbocycles. The van der Waals surface area contributed by atoms with Crippen LogP contribution in [-0.2, 0) is 9.59 Å². The van der Waals surface area contributed by atoms with Gasteiger partial charge >= 0.3 is 0 Å². The fourth-order valence-electron chi connectivity index (χ4n) is 2.87. The van der Waals surface area contributed by atoms with E-state index in [4.69, 9.17) is 16.3 Å². The molecule has 0 saturated carbocycles. The zero-order valence-corrected chi connectivity index (χ0v) is 15.3. The zero-order valence-electron chi connectivity index (χ0n) is 14.6. The second-order valence-electron chi connectivity index (χ2n) is 6.03. The Morgan fingerprint density at radius 1 is 1.15 bits per heavy atom. The molecule has 1 heterocycles. The summed E-state index contributed by atoms with van der Waals surface area (Å²) in [6, 6.07) is 13.5. The summed E-state index contributed by atoms with van der Waals surface area (Å²) in [6.45, 7) is 0.169. The number of ether oxygens (including phenoxy) is 1. The third-order valence-electron chi connectivity index (χ3n) is 4.26. The lowest BCUT2D eigenvalue weighted by Gasteiger charge is -2.20. The van der Waals surface area contributed by atoms with Gasteiger partial charge in [-0.3, -0.25) is 25.2 Å². The topological polar surface area (TPSA) is 87.7 Å². The van der Waals surface area contributed by atoms with Crippen molar-refractivity contribution in [3.8, 4) is 5.75 Å². The van der Waals surface area contributed by atoms with E-state index in [2.05, 4.69) is 10.9 Å². The lowest BCUT2D eigenvalue weighted by atomic mass is 10.1. The minimum absolute atomic E-state index is 0.0305. The van der Waals surface area contributed by atoms with Crippen molar-refractivity contribution in [3.63, 3.8) is 0 Å². The molecule has 7 nitrogen and oxygen atoms in total. The van der Waals surface area contributed by atoms with Crippen LogP contribution in [0.25, 0.3) is 0 Å². The van der Waals surface area contributed by atoms with Crippen LogP contribution in [0.5, 0.6) is 5.75 Å². The largest absolute Gasteiger partial charge is 0.495 e. The highest BCUT2D eigenvalue weighted by atomic mass is 35.5. The molecule has 3 amide bonds. The zero-order chi connectivity index (χ0) is 19.4. The first-order valence-corrected chi connectivity index (χ1v) is 8.66. The van der Waals surface area contributed by atoms with Gasteiger partial charge in [0.05, 0.1) is 18.7 Å². The SMILES string of the molecule is COc1ccc(Cl)cc1N1C[C@@H](C(=O)NNC(=O)c2ccccc2)CC1=O. The van der Waals surface area contributed by atoms with E-state index >= 15 is 0 Å². The van der Waals surface area contributed by atoms with E-state index in [-0.39, 0.29) is 18.9 Å². The molecule has 2 aromatic rings. The highest BCUT2D eigenvalue weighted by Crippen LogP contribution is 2.35. The number of carbonyl (C=O) groups is 3. The van der Waals surface area contributed by atoms with Crippen LogP contribution >= 0.6 is 11.6 Å². The van der Waals surface area contributed by atoms with Gasteiger partial charge in [-0.2, -0.15) is 0 Å². The number of amides is 3. The van der Waals surface area contributed by atoms with Crippen molar-refractivity contribution in [2.75, 3.05) is 18.6 Å². The van der Waals surface area contributed by atoms with Gasteiger partial charge in [-0.15, -0.1) is 0 Å². The molecule has 0 unspecified atom stereocenters. The van der Waals surface area contributed by atoms with E-state index < -0.39 is 17.7 Å². The molecule has 0 radical (unpaired) electrons. The van der Waals surface area contributed by atoms with Crippen molar-refractivity contribution in [2.45, 2.75) is 6.42 Å². The summed E-state index contributed by atoms with van der Waals surface area (Å²) in [6.07, 6.45) is 0.0305. The van der Waals surface area contributed by atoms with Crippen molar-refractivity contribution in [3.05, 3.63) is 59.1 Å². The summed E-state index contributed by atoms with van der Waals surface area (Å²) in [5.41, 5.74) is 5.68. The molecule has 0 aliphatic carbocycles. The molecular formula is C19H18ClN3O4. The van der Waals surface area contributed by atoms with Crippen LogP contribution in [0.3, 0.4) is 0 Å². The predicted octanol–water partition coefficient (Wildman–Crippen LogP) is 2.16. The highest BCUT2D eigenvalue weighted by molar-refractivity contribution is 6.31. The molecule has 1 aliphatic heterocycles. The summed E-state index contributed by atoms with van der Waals surface area (Å²) in [5, 5.41) is 0.460. The number of nitrogens with one attached hydrogen (secondary N) is 2. The molecule has 2 N–H and O–H groups in total. The van der Waals surface area contributed by atoms with E-state index in [1.807, 2.05) is 0 Å². The van der Waals surface area contributed by atoms with E-state index in [1.165, 1.54) is 12.0 Å². The van der Waals surface area contributed by atoms with Gasteiger partial charge < -0.3 is 9.64 Å². The standard InChI is InChI=1S/C19H18ClN3O4/c1-27-16-8-7-14(20)10-15(16)23-11-13(9-17(23)24)19(26)22-21-18(25)12-5-3-2-4-6-12/h2-8,10,13H,9,11H2,1H3,(H,21,25)(H,22,26)/t13-/m0/s1. The number of hydrazine groups is 1. The summed E-state index contributed by atoms with van der Waals surface area (Å²) in [7, 11) is 1.50. The normalized spacial score (nSPS) is 16.1.